The van der Waals surface area contributed by atoms with E-state index in [1.807, 2.05) is 43.3 Å². The maximum atomic E-state index is 6.23. The molecule has 0 radical (unpaired) electrons. The monoisotopic (exact) mass is 295 g/mol. The van der Waals surface area contributed by atoms with Gasteiger partial charge in [-0.2, -0.15) is 0 Å². The first kappa shape index (κ1) is 14.5. The van der Waals surface area contributed by atoms with E-state index in [2.05, 4.69) is 6.92 Å². The maximum Gasteiger partial charge on any atom is 0.119 e. The van der Waals surface area contributed by atoms with Crippen LogP contribution in [0.25, 0.3) is 0 Å². The molecule has 102 valence electrons. The number of nitrogens with two attached hydrogens (primary N) is 1. The van der Waals surface area contributed by atoms with Crippen molar-refractivity contribution >= 4 is 23.4 Å². The molecular weight excluding hydrogens is 278 g/mol. The van der Waals surface area contributed by atoms with Crippen molar-refractivity contribution in [2.24, 2.45) is 5.73 Å². The van der Waals surface area contributed by atoms with Gasteiger partial charge >= 0.3 is 0 Å². The van der Waals surface area contributed by atoms with Crippen LogP contribution in [-0.2, 0) is 0 Å². The van der Waals surface area contributed by atoms with E-state index in [1.165, 1.54) is 0 Å². The van der Waals surface area contributed by atoms with E-state index in [-0.39, 0.29) is 11.3 Å². The summed E-state index contributed by atoms with van der Waals surface area (Å²) in [6, 6.07) is 11.9. The second-order valence-corrected chi connectivity index (χ2v) is 6.17. The number of aryl methyl sites for hydroxylation is 1. The lowest BCUT2D eigenvalue weighted by Gasteiger charge is -2.20. The van der Waals surface area contributed by atoms with Gasteiger partial charge < -0.3 is 10.2 Å². The average Bonchev–Trinajstić information content (AvgIpc) is 2.81. The number of hydrogen-bond acceptors (Lipinski definition) is 3. The third kappa shape index (κ3) is 3.78. The van der Waals surface area contributed by atoms with Gasteiger partial charge in [-0.05, 0) is 43.7 Å². The van der Waals surface area contributed by atoms with Crippen molar-refractivity contribution in [1.82, 2.24) is 0 Å². The Balaban J connectivity index is 2.24. The largest absolute Gasteiger partial charge is 0.465 e. The van der Waals surface area contributed by atoms with Crippen molar-refractivity contribution < 1.29 is 4.42 Å². The number of hydrogen-bond donors (Lipinski definition) is 1. The van der Waals surface area contributed by atoms with Gasteiger partial charge in [0.15, 0.2) is 0 Å². The molecule has 0 spiro atoms. The third-order valence-corrected chi connectivity index (χ3v) is 4.56. The highest BCUT2D eigenvalue weighted by molar-refractivity contribution is 7.99. The van der Waals surface area contributed by atoms with Gasteiger partial charge in [0.2, 0.25) is 0 Å². The van der Waals surface area contributed by atoms with Gasteiger partial charge in [-0.1, -0.05) is 24.6 Å². The van der Waals surface area contributed by atoms with Crippen molar-refractivity contribution in [3.8, 4) is 0 Å². The Hall–Kier alpha value is -0.900. The molecular formula is C15H18ClNOS. The van der Waals surface area contributed by atoms with Crippen LogP contribution in [0.1, 0.15) is 30.1 Å². The predicted molar refractivity (Wildman–Crippen MR) is 81.8 cm³/mol. The molecule has 1 aromatic carbocycles. The molecule has 0 aliphatic heterocycles. The summed E-state index contributed by atoms with van der Waals surface area (Å²) in [5, 5.41) is 0.849. The van der Waals surface area contributed by atoms with E-state index in [1.54, 1.807) is 11.8 Å². The van der Waals surface area contributed by atoms with E-state index in [9.17, 15) is 0 Å². The molecule has 0 fully saturated rings. The molecule has 2 nitrogen and oxygen atoms in total. The summed E-state index contributed by atoms with van der Waals surface area (Å²) in [6.45, 7) is 4.04. The number of rotatable bonds is 5. The van der Waals surface area contributed by atoms with E-state index >= 15 is 0 Å². The van der Waals surface area contributed by atoms with Crippen LogP contribution in [0.4, 0.5) is 0 Å². The Labute approximate surface area is 123 Å². The second kappa shape index (κ2) is 6.51. The lowest BCUT2D eigenvalue weighted by molar-refractivity contribution is 0.454. The van der Waals surface area contributed by atoms with Gasteiger partial charge in [0.25, 0.3) is 0 Å². The summed E-state index contributed by atoms with van der Waals surface area (Å²) >= 11 is 7.72. The number of benzene rings is 1. The molecule has 0 aliphatic carbocycles. The Bertz CT molecular complexity index is 540. The van der Waals surface area contributed by atoms with E-state index in [0.717, 1.165) is 27.9 Å². The van der Waals surface area contributed by atoms with Gasteiger partial charge in [-0.3, -0.25) is 0 Å². The van der Waals surface area contributed by atoms with Crippen molar-refractivity contribution in [3.05, 3.63) is 52.9 Å². The van der Waals surface area contributed by atoms with Crippen molar-refractivity contribution in [1.29, 1.82) is 0 Å². The quantitative estimate of drug-likeness (QED) is 0.804. The van der Waals surface area contributed by atoms with Gasteiger partial charge in [0, 0.05) is 16.0 Å². The standard InChI is InChI=1S/C15H18ClNOS/c1-3-13(17)15(14-8-7-10(2)18-14)19-12-6-4-5-11(16)9-12/h4-9,13,15H,3,17H2,1-2H3. The fraction of sp³-hybridized carbons (Fsp3) is 0.333. The minimum absolute atomic E-state index is 0.0505. The first-order valence-electron chi connectivity index (χ1n) is 6.34. The van der Waals surface area contributed by atoms with Crippen LogP contribution in [0.2, 0.25) is 5.02 Å². The molecule has 0 amide bonds. The zero-order chi connectivity index (χ0) is 13.8. The predicted octanol–water partition coefficient (Wildman–Crippen LogP) is 4.81. The highest BCUT2D eigenvalue weighted by Gasteiger charge is 2.23. The summed E-state index contributed by atoms with van der Waals surface area (Å²) in [6.07, 6.45) is 0.901. The second-order valence-electron chi connectivity index (χ2n) is 4.52. The molecule has 2 aromatic rings. The van der Waals surface area contributed by atoms with E-state index < -0.39 is 0 Å². The summed E-state index contributed by atoms with van der Waals surface area (Å²) in [4.78, 5) is 1.11. The van der Waals surface area contributed by atoms with Gasteiger partial charge in [0.1, 0.15) is 11.5 Å². The normalized spacial score (nSPS) is 14.3. The van der Waals surface area contributed by atoms with E-state index in [4.69, 9.17) is 21.8 Å². The minimum atomic E-state index is 0.0505. The Morgan fingerprint density at radius 1 is 1.32 bits per heavy atom. The summed E-state index contributed by atoms with van der Waals surface area (Å²) < 4.78 is 5.74. The molecule has 0 saturated carbocycles. The smallest absolute Gasteiger partial charge is 0.119 e. The van der Waals surface area contributed by atoms with Gasteiger partial charge in [0.05, 0.1) is 5.25 Å². The highest BCUT2D eigenvalue weighted by Crippen LogP contribution is 2.39. The molecule has 0 saturated heterocycles. The fourth-order valence-electron chi connectivity index (χ4n) is 1.86. The molecule has 4 heteroatoms. The van der Waals surface area contributed by atoms with Gasteiger partial charge in [-0.15, -0.1) is 11.8 Å². The Morgan fingerprint density at radius 3 is 2.68 bits per heavy atom. The Kier molecular flexibility index (Phi) is 4.97. The third-order valence-electron chi connectivity index (χ3n) is 2.96. The molecule has 2 N–H and O–H groups in total. The number of thioether (sulfide) groups is 1. The van der Waals surface area contributed by atoms with E-state index in [0.29, 0.717) is 0 Å². The summed E-state index contributed by atoms with van der Waals surface area (Å²) in [5.41, 5.74) is 6.23. The molecule has 1 aromatic heterocycles. The van der Waals surface area contributed by atoms with Crippen LogP contribution in [-0.4, -0.2) is 6.04 Å². The zero-order valence-corrected chi connectivity index (χ0v) is 12.7. The maximum absolute atomic E-state index is 6.23. The molecule has 19 heavy (non-hydrogen) atoms. The minimum Gasteiger partial charge on any atom is -0.465 e. The summed E-state index contributed by atoms with van der Waals surface area (Å²) in [5.74, 6) is 1.84. The molecule has 2 unspecified atom stereocenters. The lowest BCUT2D eigenvalue weighted by Crippen LogP contribution is -2.25. The number of furan rings is 1. The van der Waals surface area contributed by atoms with Crippen molar-refractivity contribution in [2.75, 3.05) is 0 Å². The lowest BCUT2D eigenvalue weighted by atomic mass is 10.1. The Morgan fingerprint density at radius 2 is 2.11 bits per heavy atom. The topological polar surface area (TPSA) is 39.2 Å². The molecule has 1 heterocycles. The SMILES string of the molecule is CCC(N)C(Sc1cccc(Cl)c1)c1ccc(C)o1. The first-order chi connectivity index (χ1) is 9.10. The average molecular weight is 296 g/mol. The fourth-order valence-corrected chi connectivity index (χ4v) is 3.37. The van der Waals surface area contributed by atoms with Crippen molar-refractivity contribution in [2.45, 2.75) is 36.5 Å². The molecule has 2 rings (SSSR count). The zero-order valence-electron chi connectivity index (χ0n) is 11.1. The van der Waals surface area contributed by atoms with Crippen LogP contribution in [0, 0.1) is 6.92 Å². The molecule has 0 bridgehead atoms. The van der Waals surface area contributed by atoms with Crippen LogP contribution >= 0.6 is 23.4 Å². The van der Waals surface area contributed by atoms with Crippen LogP contribution in [0.5, 0.6) is 0 Å². The molecule has 2 atom stereocenters. The first-order valence-corrected chi connectivity index (χ1v) is 7.60. The summed E-state index contributed by atoms with van der Waals surface area (Å²) in [7, 11) is 0. The van der Waals surface area contributed by atoms with Crippen LogP contribution in [0.15, 0.2) is 45.7 Å². The molecule has 0 aliphatic rings. The van der Waals surface area contributed by atoms with Crippen LogP contribution in [0.3, 0.4) is 0 Å². The van der Waals surface area contributed by atoms with Crippen LogP contribution < -0.4 is 5.73 Å². The van der Waals surface area contributed by atoms with Crippen molar-refractivity contribution in [3.63, 3.8) is 0 Å². The van der Waals surface area contributed by atoms with Gasteiger partial charge in [-0.25, -0.2) is 0 Å². The number of halogens is 1. The highest BCUT2D eigenvalue weighted by atomic mass is 35.5.